The molecular formula is C13H24N2O5. The first-order valence-electron chi connectivity index (χ1n) is 6.72. The number of carbonyl (C=O) groups excluding carboxylic acids is 1. The summed E-state index contributed by atoms with van der Waals surface area (Å²) in [5.41, 5.74) is -0.562. The van der Waals surface area contributed by atoms with Crippen LogP contribution in [0.4, 0.5) is 4.79 Å². The lowest BCUT2D eigenvalue weighted by Gasteiger charge is -2.44. The minimum absolute atomic E-state index is 0.173. The fourth-order valence-electron chi connectivity index (χ4n) is 2.33. The van der Waals surface area contributed by atoms with Crippen LogP contribution in [0.3, 0.4) is 0 Å². The summed E-state index contributed by atoms with van der Waals surface area (Å²) in [6.45, 7) is 7.35. The minimum atomic E-state index is -1.04. The van der Waals surface area contributed by atoms with Gasteiger partial charge in [-0.2, -0.15) is 0 Å². The maximum atomic E-state index is 12.5. The van der Waals surface area contributed by atoms with Gasteiger partial charge in [-0.3, -0.25) is 4.79 Å². The Kier molecular flexibility index (Phi) is 5.35. The Bertz CT molecular complexity index is 370. The topological polar surface area (TPSA) is 90.3 Å². The molecule has 1 saturated heterocycles. The molecule has 0 aromatic heterocycles. The monoisotopic (exact) mass is 288 g/mol. The molecule has 1 rings (SSSR count). The molecule has 0 aliphatic carbocycles. The van der Waals surface area contributed by atoms with Crippen molar-refractivity contribution in [3.63, 3.8) is 0 Å². The first-order valence-corrected chi connectivity index (χ1v) is 6.72. The highest BCUT2D eigenvalue weighted by Gasteiger charge is 2.37. The van der Waals surface area contributed by atoms with Crippen LogP contribution in [-0.2, 0) is 9.53 Å². The van der Waals surface area contributed by atoms with E-state index in [2.05, 4.69) is 0 Å². The number of nitrogens with zero attached hydrogens (tertiary/aromatic N) is 2. The van der Waals surface area contributed by atoms with Crippen LogP contribution < -0.4 is 0 Å². The number of carbonyl (C=O) groups is 2. The van der Waals surface area contributed by atoms with Crippen LogP contribution in [0.1, 0.15) is 27.7 Å². The van der Waals surface area contributed by atoms with Crippen molar-refractivity contribution in [2.45, 2.75) is 45.4 Å². The highest BCUT2D eigenvalue weighted by atomic mass is 16.5. The van der Waals surface area contributed by atoms with Gasteiger partial charge < -0.3 is 24.7 Å². The van der Waals surface area contributed by atoms with Gasteiger partial charge in [0.15, 0.2) is 0 Å². The Balaban J connectivity index is 2.84. The number of ether oxygens (including phenoxy) is 1. The fourth-order valence-corrected chi connectivity index (χ4v) is 2.33. The minimum Gasteiger partial charge on any atom is -0.480 e. The summed E-state index contributed by atoms with van der Waals surface area (Å²) in [6, 6.07) is -0.547. The summed E-state index contributed by atoms with van der Waals surface area (Å²) in [4.78, 5) is 26.2. The van der Waals surface area contributed by atoms with Crippen molar-refractivity contribution >= 4 is 12.0 Å². The molecule has 0 saturated carbocycles. The van der Waals surface area contributed by atoms with Crippen LogP contribution in [-0.4, -0.2) is 76.0 Å². The number of aliphatic hydroxyl groups excluding tert-OH is 1. The molecule has 1 atom stereocenters. The van der Waals surface area contributed by atoms with Gasteiger partial charge in [0, 0.05) is 6.04 Å². The van der Waals surface area contributed by atoms with Gasteiger partial charge in [-0.1, -0.05) is 0 Å². The molecule has 1 heterocycles. The van der Waals surface area contributed by atoms with E-state index < -0.39 is 17.7 Å². The van der Waals surface area contributed by atoms with Gasteiger partial charge in [0.2, 0.25) is 0 Å². The van der Waals surface area contributed by atoms with Crippen LogP contribution in [0.5, 0.6) is 0 Å². The van der Waals surface area contributed by atoms with Gasteiger partial charge in [0.1, 0.15) is 6.54 Å². The van der Waals surface area contributed by atoms with Gasteiger partial charge in [-0.25, -0.2) is 4.79 Å². The average molecular weight is 288 g/mol. The van der Waals surface area contributed by atoms with E-state index in [1.54, 1.807) is 18.7 Å². The van der Waals surface area contributed by atoms with Gasteiger partial charge in [0.25, 0.3) is 0 Å². The summed E-state index contributed by atoms with van der Waals surface area (Å²) in [7, 11) is 0. The van der Waals surface area contributed by atoms with E-state index in [1.807, 2.05) is 13.8 Å². The van der Waals surface area contributed by atoms with E-state index in [1.165, 1.54) is 4.90 Å². The first-order chi connectivity index (χ1) is 9.16. The number of urea groups is 1. The number of amides is 2. The lowest BCUT2D eigenvalue weighted by Crippen LogP contribution is -2.59. The molecule has 7 heteroatoms. The largest absolute Gasteiger partial charge is 0.480 e. The van der Waals surface area contributed by atoms with E-state index in [4.69, 9.17) is 9.84 Å². The van der Waals surface area contributed by atoms with Crippen molar-refractivity contribution in [2.24, 2.45) is 0 Å². The maximum absolute atomic E-state index is 12.5. The lowest BCUT2D eigenvalue weighted by atomic mass is 10.1. The third-order valence-corrected chi connectivity index (χ3v) is 3.13. The lowest BCUT2D eigenvalue weighted by molar-refractivity contribution is -0.143. The predicted molar refractivity (Wildman–Crippen MR) is 72.5 cm³/mol. The summed E-state index contributed by atoms with van der Waals surface area (Å²) in [5, 5.41) is 18.1. The van der Waals surface area contributed by atoms with E-state index in [-0.39, 0.29) is 31.8 Å². The smallest absolute Gasteiger partial charge is 0.323 e. The molecular weight excluding hydrogens is 264 g/mol. The molecule has 0 radical (unpaired) electrons. The van der Waals surface area contributed by atoms with Crippen molar-refractivity contribution in [3.05, 3.63) is 0 Å². The van der Waals surface area contributed by atoms with Crippen LogP contribution in [0, 0.1) is 0 Å². The normalized spacial score (nSPS) is 21.9. The number of aliphatic hydroxyl groups is 1. The Hall–Kier alpha value is -1.34. The number of hydrogen-bond donors (Lipinski definition) is 2. The zero-order valence-corrected chi connectivity index (χ0v) is 12.5. The molecule has 1 aliphatic heterocycles. The molecule has 2 amide bonds. The number of carboxylic acids is 1. The van der Waals surface area contributed by atoms with Crippen LogP contribution in [0.2, 0.25) is 0 Å². The number of carboxylic acid groups (broad SMARTS) is 1. The second-order valence-electron chi connectivity index (χ2n) is 5.96. The molecule has 0 spiro atoms. The van der Waals surface area contributed by atoms with E-state index >= 15 is 0 Å². The average Bonchev–Trinajstić information content (AvgIpc) is 2.32. The zero-order chi connectivity index (χ0) is 15.5. The fraction of sp³-hybridized carbons (Fsp3) is 0.846. The standard InChI is InChI=1S/C13H24N2O5/c1-9(2)15(6-11(17)18)12(19)14-5-10(7-16)20-13(3,4)8-14/h9-10,16H,5-8H2,1-4H3,(H,17,18). The highest BCUT2D eigenvalue weighted by molar-refractivity contribution is 5.80. The Morgan fingerprint density at radius 3 is 2.50 bits per heavy atom. The molecule has 7 nitrogen and oxygen atoms in total. The van der Waals surface area contributed by atoms with E-state index in [0.29, 0.717) is 6.54 Å². The van der Waals surface area contributed by atoms with Crippen molar-refractivity contribution in [1.29, 1.82) is 0 Å². The number of morpholine rings is 1. The number of hydrogen-bond acceptors (Lipinski definition) is 4. The summed E-state index contributed by atoms with van der Waals surface area (Å²) < 4.78 is 5.65. The zero-order valence-electron chi connectivity index (χ0n) is 12.5. The highest BCUT2D eigenvalue weighted by Crippen LogP contribution is 2.22. The van der Waals surface area contributed by atoms with Crippen LogP contribution in [0.15, 0.2) is 0 Å². The molecule has 1 aliphatic rings. The number of rotatable bonds is 4. The predicted octanol–water partition coefficient (Wildman–Crippen LogP) is 0.373. The Morgan fingerprint density at radius 1 is 1.45 bits per heavy atom. The molecule has 1 fully saturated rings. The molecule has 2 N–H and O–H groups in total. The number of aliphatic carboxylic acids is 1. The van der Waals surface area contributed by atoms with E-state index in [0.717, 1.165) is 0 Å². The van der Waals surface area contributed by atoms with Crippen molar-refractivity contribution in [3.8, 4) is 0 Å². The van der Waals surface area contributed by atoms with Gasteiger partial charge in [-0.15, -0.1) is 0 Å². The van der Waals surface area contributed by atoms with E-state index in [9.17, 15) is 14.7 Å². The Morgan fingerprint density at radius 2 is 2.05 bits per heavy atom. The van der Waals surface area contributed by atoms with Gasteiger partial charge >= 0.3 is 12.0 Å². The second kappa shape index (κ2) is 6.41. The van der Waals surface area contributed by atoms with Crippen molar-refractivity contribution in [2.75, 3.05) is 26.2 Å². The van der Waals surface area contributed by atoms with Crippen molar-refractivity contribution < 1.29 is 24.5 Å². The van der Waals surface area contributed by atoms with Crippen molar-refractivity contribution in [1.82, 2.24) is 9.80 Å². The van der Waals surface area contributed by atoms with Crippen LogP contribution >= 0.6 is 0 Å². The third kappa shape index (κ3) is 4.35. The first kappa shape index (κ1) is 16.7. The summed E-state index contributed by atoms with van der Waals surface area (Å²) in [5.74, 6) is -1.04. The Labute approximate surface area is 119 Å². The molecule has 0 bridgehead atoms. The second-order valence-corrected chi connectivity index (χ2v) is 5.96. The third-order valence-electron chi connectivity index (χ3n) is 3.13. The molecule has 20 heavy (non-hydrogen) atoms. The van der Waals surface area contributed by atoms with Gasteiger partial charge in [-0.05, 0) is 27.7 Å². The quantitative estimate of drug-likeness (QED) is 0.780. The summed E-state index contributed by atoms with van der Waals surface area (Å²) >= 11 is 0. The molecule has 1 unspecified atom stereocenters. The molecule has 0 aromatic rings. The maximum Gasteiger partial charge on any atom is 0.323 e. The van der Waals surface area contributed by atoms with Crippen LogP contribution in [0.25, 0.3) is 0 Å². The summed E-state index contributed by atoms with van der Waals surface area (Å²) in [6.07, 6.45) is -0.443. The SMILES string of the molecule is CC(C)N(CC(=O)O)C(=O)N1CC(CO)OC(C)(C)C1. The van der Waals surface area contributed by atoms with Gasteiger partial charge in [0.05, 0.1) is 31.4 Å². The molecule has 0 aromatic carbocycles. The molecule has 116 valence electrons.